The standard InChI is InChI=1S/C18H15NO4S/c20-17-16(24-18(21)19-17)14-10-23-15-8-12(6-7-13(14)15)22-9-11-4-2-1-3-5-11/h1-8,14,20H,9-10H2,(H,19,21). The van der Waals surface area contributed by atoms with Gasteiger partial charge in [-0.15, -0.1) is 0 Å². The van der Waals surface area contributed by atoms with Crippen molar-refractivity contribution in [2.75, 3.05) is 6.61 Å². The molecule has 0 saturated carbocycles. The Morgan fingerprint density at radius 3 is 2.83 bits per heavy atom. The fourth-order valence-corrected chi connectivity index (χ4v) is 3.64. The molecule has 0 bridgehead atoms. The number of H-pyrrole nitrogens is 1. The lowest BCUT2D eigenvalue weighted by Gasteiger charge is -2.09. The third kappa shape index (κ3) is 2.76. The summed E-state index contributed by atoms with van der Waals surface area (Å²) in [5.41, 5.74) is 2.05. The van der Waals surface area contributed by atoms with E-state index < -0.39 is 0 Å². The quantitative estimate of drug-likeness (QED) is 0.764. The lowest BCUT2D eigenvalue weighted by molar-refractivity contribution is 0.301. The maximum absolute atomic E-state index is 11.4. The van der Waals surface area contributed by atoms with Crippen molar-refractivity contribution in [3.8, 4) is 17.4 Å². The number of fused-ring (bicyclic) bond motifs is 1. The van der Waals surface area contributed by atoms with Gasteiger partial charge >= 0.3 is 4.87 Å². The van der Waals surface area contributed by atoms with Crippen molar-refractivity contribution in [3.63, 3.8) is 0 Å². The minimum absolute atomic E-state index is 0.0733. The molecule has 1 aromatic heterocycles. The van der Waals surface area contributed by atoms with Gasteiger partial charge < -0.3 is 14.6 Å². The molecule has 0 radical (unpaired) electrons. The highest BCUT2D eigenvalue weighted by Crippen LogP contribution is 2.43. The number of benzene rings is 2. The van der Waals surface area contributed by atoms with E-state index in [9.17, 15) is 9.90 Å². The highest BCUT2D eigenvalue weighted by molar-refractivity contribution is 7.09. The van der Waals surface area contributed by atoms with Crippen LogP contribution in [0.1, 0.15) is 21.9 Å². The van der Waals surface area contributed by atoms with E-state index in [-0.39, 0.29) is 16.7 Å². The second-order valence-electron chi connectivity index (χ2n) is 5.56. The molecule has 2 N–H and O–H groups in total. The van der Waals surface area contributed by atoms with E-state index in [1.807, 2.05) is 48.5 Å². The van der Waals surface area contributed by atoms with Crippen LogP contribution in [-0.2, 0) is 6.61 Å². The molecule has 1 atom stereocenters. The van der Waals surface area contributed by atoms with Gasteiger partial charge in [-0.2, -0.15) is 0 Å². The van der Waals surface area contributed by atoms with Crippen molar-refractivity contribution in [3.05, 3.63) is 74.2 Å². The molecule has 2 heterocycles. The van der Waals surface area contributed by atoms with Gasteiger partial charge in [-0.25, -0.2) is 0 Å². The Bertz CT molecular complexity index is 916. The summed E-state index contributed by atoms with van der Waals surface area (Å²) in [5.74, 6) is 1.25. The zero-order valence-electron chi connectivity index (χ0n) is 12.7. The summed E-state index contributed by atoms with van der Waals surface area (Å²) >= 11 is 1.01. The fourth-order valence-electron chi connectivity index (χ4n) is 2.81. The number of rotatable bonds is 4. The smallest absolute Gasteiger partial charge is 0.307 e. The van der Waals surface area contributed by atoms with Crippen molar-refractivity contribution in [1.29, 1.82) is 0 Å². The molecule has 1 aliphatic rings. The molecule has 0 amide bonds. The van der Waals surface area contributed by atoms with Gasteiger partial charge in [0.15, 0.2) is 0 Å². The highest BCUT2D eigenvalue weighted by Gasteiger charge is 2.30. The molecule has 24 heavy (non-hydrogen) atoms. The highest BCUT2D eigenvalue weighted by atomic mass is 32.1. The average molecular weight is 341 g/mol. The van der Waals surface area contributed by atoms with Gasteiger partial charge in [-0.3, -0.25) is 9.78 Å². The second-order valence-corrected chi connectivity index (χ2v) is 6.58. The van der Waals surface area contributed by atoms with Gasteiger partial charge in [0.1, 0.15) is 24.7 Å². The van der Waals surface area contributed by atoms with Crippen LogP contribution in [-0.4, -0.2) is 16.7 Å². The van der Waals surface area contributed by atoms with E-state index in [1.54, 1.807) is 0 Å². The summed E-state index contributed by atoms with van der Waals surface area (Å²) < 4.78 is 11.5. The predicted octanol–water partition coefficient (Wildman–Crippen LogP) is 3.25. The number of ether oxygens (including phenoxy) is 2. The maximum Gasteiger partial charge on any atom is 0.307 e. The molecular formula is C18H15NO4S. The van der Waals surface area contributed by atoms with E-state index in [2.05, 4.69) is 4.98 Å². The van der Waals surface area contributed by atoms with Gasteiger partial charge in [0.05, 0.1) is 10.8 Å². The molecule has 6 heteroatoms. The monoisotopic (exact) mass is 341 g/mol. The Hall–Kier alpha value is -2.73. The number of aromatic nitrogens is 1. The zero-order valence-corrected chi connectivity index (χ0v) is 13.5. The topological polar surface area (TPSA) is 71.6 Å². The number of thiazole rings is 1. The van der Waals surface area contributed by atoms with Crippen LogP contribution in [0.3, 0.4) is 0 Å². The molecule has 122 valence electrons. The van der Waals surface area contributed by atoms with Crippen LogP contribution in [0.4, 0.5) is 0 Å². The first kappa shape index (κ1) is 14.8. The molecule has 5 nitrogen and oxygen atoms in total. The Kier molecular flexibility index (Phi) is 3.74. The Labute approximate surface area is 142 Å². The van der Waals surface area contributed by atoms with E-state index in [1.165, 1.54) is 0 Å². The summed E-state index contributed by atoms with van der Waals surface area (Å²) in [6.45, 7) is 0.891. The van der Waals surface area contributed by atoms with Crippen molar-refractivity contribution >= 4 is 11.3 Å². The summed E-state index contributed by atoms with van der Waals surface area (Å²) in [6, 6.07) is 15.6. The number of nitrogens with one attached hydrogen (secondary N) is 1. The first-order valence-electron chi connectivity index (χ1n) is 7.56. The predicted molar refractivity (Wildman–Crippen MR) is 91.2 cm³/mol. The lowest BCUT2D eigenvalue weighted by atomic mass is 10.00. The van der Waals surface area contributed by atoms with Gasteiger partial charge in [-0.05, 0) is 11.6 Å². The largest absolute Gasteiger partial charge is 0.494 e. The summed E-state index contributed by atoms with van der Waals surface area (Å²) in [4.78, 5) is 14.1. The summed E-state index contributed by atoms with van der Waals surface area (Å²) in [7, 11) is 0. The molecule has 4 rings (SSSR count). The molecule has 3 aromatic rings. The molecule has 0 fully saturated rings. The molecular weight excluding hydrogens is 326 g/mol. The summed E-state index contributed by atoms with van der Waals surface area (Å²) in [6.07, 6.45) is 0. The van der Waals surface area contributed by atoms with Crippen molar-refractivity contribution in [2.45, 2.75) is 12.5 Å². The van der Waals surface area contributed by atoms with Crippen LogP contribution in [0.25, 0.3) is 0 Å². The van der Waals surface area contributed by atoms with Crippen LogP contribution in [0.5, 0.6) is 17.4 Å². The van der Waals surface area contributed by atoms with Crippen LogP contribution in [0.15, 0.2) is 53.3 Å². The Morgan fingerprint density at radius 2 is 2.08 bits per heavy atom. The van der Waals surface area contributed by atoms with Crippen LogP contribution in [0.2, 0.25) is 0 Å². The average Bonchev–Trinajstić information content (AvgIpc) is 3.15. The zero-order chi connectivity index (χ0) is 16.5. The van der Waals surface area contributed by atoms with Crippen molar-refractivity contribution < 1.29 is 14.6 Å². The normalized spacial score (nSPS) is 15.8. The van der Waals surface area contributed by atoms with Gasteiger partial charge in [0.25, 0.3) is 0 Å². The molecule has 1 unspecified atom stereocenters. The van der Waals surface area contributed by atoms with E-state index in [4.69, 9.17) is 9.47 Å². The molecule has 2 aromatic carbocycles. The third-order valence-corrected chi connectivity index (χ3v) is 4.97. The second kappa shape index (κ2) is 6.05. The fraction of sp³-hybridized carbons (Fsp3) is 0.167. The maximum atomic E-state index is 11.4. The first-order valence-corrected chi connectivity index (χ1v) is 8.38. The van der Waals surface area contributed by atoms with Gasteiger partial charge in [-0.1, -0.05) is 47.7 Å². The van der Waals surface area contributed by atoms with Gasteiger partial charge in [0.2, 0.25) is 5.88 Å². The van der Waals surface area contributed by atoms with E-state index >= 15 is 0 Å². The third-order valence-electron chi connectivity index (χ3n) is 3.99. The SMILES string of the molecule is O=c1[nH]c(O)c(C2COc3cc(OCc4ccccc4)ccc32)s1. The lowest BCUT2D eigenvalue weighted by Crippen LogP contribution is -2.00. The first-order chi connectivity index (χ1) is 11.7. The van der Waals surface area contributed by atoms with Crippen LogP contribution < -0.4 is 14.3 Å². The number of hydrogen-bond donors (Lipinski definition) is 2. The van der Waals surface area contributed by atoms with E-state index in [0.717, 1.165) is 34.0 Å². The Morgan fingerprint density at radius 1 is 1.25 bits per heavy atom. The number of aromatic hydroxyl groups is 1. The summed E-state index contributed by atoms with van der Waals surface area (Å²) in [5, 5.41) is 9.86. The van der Waals surface area contributed by atoms with Gasteiger partial charge in [0, 0.05) is 11.6 Å². The molecule has 0 saturated heterocycles. The van der Waals surface area contributed by atoms with Crippen molar-refractivity contribution in [2.24, 2.45) is 0 Å². The van der Waals surface area contributed by atoms with Crippen molar-refractivity contribution in [1.82, 2.24) is 4.98 Å². The molecule has 1 aliphatic heterocycles. The molecule has 0 spiro atoms. The minimum atomic E-state index is -0.265. The minimum Gasteiger partial charge on any atom is -0.494 e. The number of aromatic amines is 1. The Balaban J connectivity index is 1.54. The van der Waals surface area contributed by atoms with Crippen LogP contribution >= 0.6 is 11.3 Å². The molecule has 0 aliphatic carbocycles. The number of hydrogen-bond acceptors (Lipinski definition) is 5. The van der Waals surface area contributed by atoms with E-state index in [0.29, 0.717) is 18.1 Å². The van der Waals surface area contributed by atoms with Crippen LogP contribution in [0, 0.1) is 0 Å².